The third kappa shape index (κ3) is 4.93. The minimum absolute atomic E-state index is 0.0541. The second kappa shape index (κ2) is 6.23. The van der Waals surface area contributed by atoms with Gasteiger partial charge >= 0.3 is 6.18 Å². The molecule has 0 radical (unpaired) electrons. The first-order valence-corrected chi connectivity index (χ1v) is 5.99. The predicted octanol–water partition coefficient (Wildman–Crippen LogP) is 2.99. The Bertz CT molecular complexity index is 341. The molecule has 3 nitrogen and oxygen atoms in total. The van der Waals surface area contributed by atoms with Crippen LogP contribution in [0.15, 0.2) is 11.4 Å². The molecule has 1 rings (SSSR count). The molecule has 98 valence electrons. The van der Waals surface area contributed by atoms with Gasteiger partial charge in [0.05, 0.1) is 13.2 Å². The van der Waals surface area contributed by atoms with Crippen molar-refractivity contribution in [2.45, 2.75) is 31.5 Å². The molecule has 0 amide bonds. The summed E-state index contributed by atoms with van der Waals surface area (Å²) in [7, 11) is 1.54. The lowest BCUT2D eigenvalue weighted by molar-refractivity contribution is -0.135. The van der Waals surface area contributed by atoms with Crippen molar-refractivity contribution >= 4 is 11.3 Å². The molecular formula is C10H15F3N2OS. The molecule has 3 N–H and O–H groups in total. The molecule has 0 aromatic carbocycles. The van der Waals surface area contributed by atoms with Gasteiger partial charge in [-0.05, 0) is 18.9 Å². The van der Waals surface area contributed by atoms with Gasteiger partial charge in [-0.15, -0.1) is 11.3 Å². The molecule has 17 heavy (non-hydrogen) atoms. The van der Waals surface area contributed by atoms with Crippen LogP contribution in [-0.4, -0.2) is 13.3 Å². The Labute approximate surface area is 102 Å². The van der Waals surface area contributed by atoms with Crippen LogP contribution in [0.2, 0.25) is 0 Å². The van der Waals surface area contributed by atoms with E-state index in [0.29, 0.717) is 12.2 Å². The number of hydrogen-bond donors (Lipinski definition) is 2. The van der Waals surface area contributed by atoms with Gasteiger partial charge in [-0.3, -0.25) is 11.3 Å². The third-order valence-corrected chi connectivity index (χ3v) is 3.35. The summed E-state index contributed by atoms with van der Waals surface area (Å²) in [5, 5.41) is 1.80. The van der Waals surface area contributed by atoms with Gasteiger partial charge in [0.15, 0.2) is 0 Å². The van der Waals surface area contributed by atoms with Crippen LogP contribution in [0.25, 0.3) is 0 Å². The second-order valence-electron chi connectivity index (χ2n) is 3.62. The van der Waals surface area contributed by atoms with E-state index in [4.69, 9.17) is 10.6 Å². The first kappa shape index (κ1) is 14.3. The maximum Gasteiger partial charge on any atom is 0.389 e. The number of hydrazine groups is 1. The van der Waals surface area contributed by atoms with Crippen molar-refractivity contribution < 1.29 is 17.9 Å². The summed E-state index contributed by atoms with van der Waals surface area (Å²) in [4.78, 5) is 0.881. The van der Waals surface area contributed by atoms with Gasteiger partial charge in [-0.2, -0.15) is 13.2 Å². The van der Waals surface area contributed by atoms with Crippen LogP contribution < -0.4 is 16.0 Å². The maximum atomic E-state index is 12.0. The molecule has 1 aromatic heterocycles. The molecule has 7 heteroatoms. The minimum Gasteiger partial charge on any atom is -0.496 e. The van der Waals surface area contributed by atoms with Gasteiger partial charge in [0.25, 0.3) is 0 Å². The van der Waals surface area contributed by atoms with Crippen molar-refractivity contribution in [1.29, 1.82) is 0 Å². The number of nitrogens with one attached hydrogen (secondary N) is 1. The van der Waals surface area contributed by atoms with Crippen LogP contribution in [0.3, 0.4) is 0 Å². The lowest BCUT2D eigenvalue weighted by Gasteiger charge is -2.14. The van der Waals surface area contributed by atoms with Crippen molar-refractivity contribution in [3.63, 3.8) is 0 Å². The fraction of sp³-hybridized carbons (Fsp3) is 0.600. The fourth-order valence-corrected chi connectivity index (χ4v) is 2.39. The number of rotatable bonds is 6. The molecule has 0 saturated heterocycles. The predicted molar refractivity (Wildman–Crippen MR) is 60.8 cm³/mol. The topological polar surface area (TPSA) is 47.3 Å². The van der Waals surface area contributed by atoms with Crippen molar-refractivity contribution in [1.82, 2.24) is 5.43 Å². The van der Waals surface area contributed by atoms with E-state index < -0.39 is 12.6 Å². The lowest BCUT2D eigenvalue weighted by Crippen LogP contribution is -2.27. The van der Waals surface area contributed by atoms with E-state index in [1.54, 1.807) is 18.6 Å². The lowest BCUT2D eigenvalue weighted by atomic mass is 10.1. The Hall–Kier alpha value is -0.790. The molecule has 0 spiro atoms. The normalized spacial score (nSPS) is 13.7. The van der Waals surface area contributed by atoms with Crippen LogP contribution in [-0.2, 0) is 0 Å². The number of thiophene rings is 1. The standard InChI is InChI=1S/C10H15F3N2OS/c1-16-7-5-9(17-6-7)8(15-14)3-2-4-10(11,12)13/h5-6,8,15H,2-4,14H2,1H3. The van der Waals surface area contributed by atoms with Crippen LogP contribution in [0.4, 0.5) is 13.2 Å². The third-order valence-electron chi connectivity index (χ3n) is 2.33. The van der Waals surface area contributed by atoms with Crippen molar-refractivity contribution in [2.24, 2.45) is 5.84 Å². The van der Waals surface area contributed by atoms with Crippen LogP contribution >= 0.6 is 11.3 Å². The molecule has 0 aliphatic carbocycles. The molecule has 0 bridgehead atoms. The van der Waals surface area contributed by atoms with Gasteiger partial charge in [-0.1, -0.05) is 0 Å². The van der Waals surface area contributed by atoms with E-state index in [2.05, 4.69) is 5.43 Å². The fourth-order valence-electron chi connectivity index (χ4n) is 1.44. The Morgan fingerprint density at radius 3 is 2.71 bits per heavy atom. The van der Waals surface area contributed by atoms with E-state index in [9.17, 15) is 13.2 Å². The Morgan fingerprint density at radius 2 is 2.24 bits per heavy atom. The first-order valence-electron chi connectivity index (χ1n) is 5.11. The Kier molecular flexibility index (Phi) is 5.23. The molecule has 1 unspecified atom stereocenters. The van der Waals surface area contributed by atoms with E-state index >= 15 is 0 Å². The smallest absolute Gasteiger partial charge is 0.389 e. The quantitative estimate of drug-likeness (QED) is 0.616. The number of ether oxygens (including phenoxy) is 1. The Balaban J connectivity index is 2.48. The Morgan fingerprint density at radius 1 is 1.53 bits per heavy atom. The van der Waals surface area contributed by atoms with E-state index in [0.717, 1.165) is 4.88 Å². The summed E-state index contributed by atoms with van der Waals surface area (Å²) < 4.78 is 41.0. The largest absolute Gasteiger partial charge is 0.496 e. The molecule has 1 heterocycles. The highest BCUT2D eigenvalue weighted by atomic mass is 32.1. The highest BCUT2D eigenvalue weighted by Crippen LogP contribution is 2.31. The van der Waals surface area contributed by atoms with Gasteiger partial charge in [0.2, 0.25) is 0 Å². The molecule has 1 atom stereocenters. The summed E-state index contributed by atoms with van der Waals surface area (Å²) in [6, 6.07) is 1.52. The van der Waals surface area contributed by atoms with Gasteiger partial charge in [0, 0.05) is 16.7 Å². The summed E-state index contributed by atoms with van der Waals surface area (Å²) in [5.74, 6) is 6.04. The van der Waals surface area contributed by atoms with Crippen molar-refractivity contribution in [2.75, 3.05) is 7.11 Å². The van der Waals surface area contributed by atoms with Crippen LogP contribution in [0, 0.1) is 0 Å². The zero-order valence-corrected chi connectivity index (χ0v) is 10.2. The van der Waals surface area contributed by atoms with Crippen molar-refractivity contribution in [3.05, 3.63) is 16.3 Å². The number of methoxy groups -OCH3 is 1. The van der Waals surface area contributed by atoms with E-state index in [-0.39, 0.29) is 12.5 Å². The summed E-state index contributed by atoms with van der Waals surface area (Å²) >= 11 is 1.42. The number of halogens is 3. The molecule has 0 aliphatic rings. The maximum absolute atomic E-state index is 12.0. The first-order chi connectivity index (χ1) is 7.96. The number of alkyl halides is 3. The van der Waals surface area contributed by atoms with E-state index in [1.165, 1.54) is 11.3 Å². The number of nitrogens with two attached hydrogens (primary N) is 1. The monoisotopic (exact) mass is 268 g/mol. The van der Waals surface area contributed by atoms with E-state index in [1.807, 2.05) is 0 Å². The number of hydrogen-bond acceptors (Lipinski definition) is 4. The SMILES string of the molecule is COc1csc(C(CCCC(F)(F)F)NN)c1. The highest BCUT2D eigenvalue weighted by Gasteiger charge is 2.27. The highest BCUT2D eigenvalue weighted by molar-refractivity contribution is 7.10. The average molecular weight is 268 g/mol. The summed E-state index contributed by atoms with van der Waals surface area (Å²) in [5.41, 5.74) is 2.53. The molecule has 0 fully saturated rings. The zero-order chi connectivity index (χ0) is 12.9. The average Bonchev–Trinajstić information content (AvgIpc) is 2.71. The summed E-state index contributed by atoms with van der Waals surface area (Å²) in [6.45, 7) is 0. The van der Waals surface area contributed by atoms with Crippen LogP contribution in [0.1, 0.15) is 30.2 Å². The van der Waals surface area contributed by atoms with Crippen molar-refractivity contribution in [3.8, 4) is 5.75 Å². The summed E-state index contributed by atoms with van der Waals surface area (Å²) in [6.07, 6.45) is -4.49. The second-order valence-corrected chi connectivity index (χ2v) is 4.56. The van der Waals surface area contributed by atoms with Gasteiger partial charge < -0.3 is 4.74 Å². The zero-order valence-electron chi connectivity index (χ0n) is 9.38. The van der Waals surface area contributed by atoms with Crippen LogP contribution in [0.5, 0.6) is 5.75 Å². The van der Waals surface area contributed by atoms with Gasteiger partial charge in [-0.25, -0.2) is 0 Å². The molecular weight excluding hydrogens is 253 g/mol. The molecule has 0 saturated carbocycles. The minimum atomic E-state index is -4.10. The molecule has 0 aliphatic heterocycles. The molecule has 1 aromatic rings. The van der Waals surface area contributed by atoms with Gasteiger partial charge in [0.1, 0.15) is 5.75 Å².